The molecule has 0 unspecified atom stereocenters. The number of urea groups is 1. The van der Waals surface area contributed by atoms with Gasteiger partial charge in [0.2, 0.25) is 0 Å². The van der Waals surface area contributed by atoms with Crippen molar-refractivity contribution in [1.82, 2.24) is 5.32 Å². The SMILES string of the molecule is CCOc1ccc(C(=O)CCCNC(=O)N(CCOC)c2csc3c(F)cccc23)cc1OC. The molecule has 9 heteroatoms. The van der Waals surface area contributed by atoms with Gasteiger partial charge in [-0.05, 0) is 37.6 Å². The standard InChI is InChI=1S/C25H29FN2O5S/c1-4-33-22-11-10-17(15-23(22)32-3)21(29)9-6-12-27-25(30)28(13-14-31-2)20-16-34-24-18(20)7-5-8-19(24)26/h5,7-8,10-11,15-16H,4,6,9,12-14H2,1-3H3,(H,27,30). The molecule has 0 fully saturated rings. The highest BCUT2D eigenvalue weighted by Gasteiger charge is 2.20. The van der Waals surface area contributed by atoms with Crippen LogP contribution < -0.4 is 19.7 Å². The van der Waals surface area contributed by atoms with E-state index in [1.165, 1.54) is 24.5 Å². The molecular formula is C25H29FN2O5S. The molecule has 2 amide bonds. The molecule has 0 aliphatic carbocycles. The number of ketones is 1. The maximum Gasteiger partial charge on any atom is 0.321 e. The molecule has 3 aromatic rings. The number of benzene rings is 2. The lowest BCUT2D eigenvalue weighted by atomic mass is 10.1. The van der Waals surface area contributed by atoms with Gasteiger partial charge in [-0.15, -0.1) is 11.3 Å². The number of ether oxygens (including phenoxy) is 3. The number of halogens is 1. The largest absolute Gasteiger partial charge is 0.493 e. The van der Waals surface area contributed by atoms with E-state index < -0.39 is 0 Å². The number of nitrogens with one attached hydrogen (secondary N) is 1. The Hall–Kier alpha value is -3.17. The molecule has 0 atom stereocenters. The summed E-state index contributed by atoms with van der Waals surface area (Å²) >= 11 is 1.26. The van der Waals surface area contributed by atoms with E-state index in [-0.39, 0.29) is 24.1 Å². The number of anilines is 1. The Morgan fingerprint density at radius 2 is 1.97 bits per heavy atom. The van der Waals surface area contributed by atoms with Gasteiger partial charge in [0, 0.05) is 36.4 Å². The van der Waals surface area contributed by atoms with Crippen LogP contribution in [-0.4, -0.2) is 52.3 Å². The fraction of sp³-hybridized carbons (Fsp3) is 0.360. The molecule has 34 heavy (non-hydrogen) atoms. The first-order valence-electron chi connectivity index (χ1n) is 11.0. The number of hydrogen-bond donors (Lipinski definition) is 1. The second-order valence-corrected chi connectivity index (χ2v) is 8.32. The lowest BCUT2D eigenvalue weighted by Gasteiger charge is -2.22. The van der Waals surface area contributed by atoms with Gasteiger partial charge in [-0.25, -0.2) is 9.18 Å². The van der Waals surface area contributed by atoms with E-state index in [2.05, 4.69) is 5.32 Å². The van der Waals surface area contributed by atoms with E-state index in [0.29, 0.717) is 65.6 Å². The van der Waals surface area contributed by atoms with Gasteiger partial charge >= 0.3 is 6.03 Å². The zero-order chi connectivity index (χ0) is 24.5. The van der Waals surface area contributed by atoms with E-state index in [4.69, 9.17) is 14.2 Å². The lowest BCUT2D eigenvalue weighted by molar-refractivity contribution is 0.0979. The van der Waals surface area contributed by atoms with Gasteiger partial charge in [0.25, 0.3) is 0 Å². The maximum atomic E-state index is 14.1. The molecule has 1 N–H and O–H groups in total. The van der Waals surface area contributed by atoms with Crippen LogP contribution in [0.25, 0.3) is 10.1 Å². The minimum Gasteiger partial charge on any atom is -0.493 e. The van der Waals surface area contributed by atoms with Crippen molar-refractivity contribution < 1.29 is 28.2 Å². The number of carbonyl (C=O) groups is 2. The molecule has 0 radical (unpaired) electrons. The summed E-state index contributed by atoms with van der Waals surface area (Å²) < 4.78 is 30.6. The summed E-state index contributed by atoms with van der Waals surface area (Å²) in [6, 6.07) is 9.60. The van der Waals surface area contributed by atoms with Gasteiger partial charge < -0.3 is 19.5 Å². The van der Waals surface area contributed by atoms with Crippen LogP contribution in [0, 0.1) is 5.82 Å². The molecule has 1 heterocycles. The van der Waals surface area contributed by atoms with Crippen molar-refractivity contribution >= 4 is 38.9 Å². The summed E-state index contributed by atoms with van der Waals surface area (Å²) in [6.45, 7) is 3.34. The van der Waals surface area contributed by atoms with Gasteiger partial charge in [-0.3, -0.25) is 9.69 Å². The summed E-state index contributed by atoms with van der Waals surface area (Å²) in [6.07, 6.45) is 0.735. The summed E-state index contributed by atoms with van der Waals surface area (Å²) in [4.78, 5) is 27.1. The van der Waals surface area contributed by atoms with Gasteiger partial charge in [-0.2, -0.15) is 0 Å². The molecule has 2 aromatic carbocycles. The highest BCUT2D eigenvalue weighted by Crippen LogP contribution is 2.34. The summed E-state index contributed by atoms with van der Waals surface area (Å²) in [5, 5.41) is 5.31. The Bertz CT molecular complexity index is 1130. The molecule has 0 saturated carbocycles. The first-order chi connectivity index (χ1) is 16.5. The highest BCUT2D eigenvalue weighted by atomic mass is 32.1. The van der Waals surface area contributed by atoms with E-state index in [0.717, 1.165) is 0 Å². The van der Waals surface area contributed by atoms with E-state index in [9.17, 15) is 14.0 Å². The Morgan fingerprint density at radius 3 is 2.71 bits per heavy atom. The molecule has 3 rings (SSSR count). The number of methoxy groups -OCH3 is 2. The van der Waals surface area contributed by atoms with Gasteiger partial charge in [0.1, 0.15) is 5.82 Å². The smallest absolute Gasteiger partial charge is 0.321 e. The molecule has 1 aromatic heterocycles. The number of carbonyl (C=O) groups excluding carboxylic acids is 2. The normalized spacial score (nSPS) is 10.8. The zero-order valence-electron chi connectivity index (χ0n) is 19.6. The fourth-order valence-corrected chi connectivity index (χ4v) is 4.50. The molecule has 0 aliphatic rings. The monoisotopic (exact) mass is 488 g/mol. The number of rotatable bonds is 12. The molecule has 0 aliphatic heterocycles. The van der Waals surface area contributed by atoms with Crippen LogP contribution in [0.15, 0.2) is 41.8 Å². The quantitative estimate of drug-likeness (QED) is 0.278. The predicted molar refractivity (Wildman–Crippen MR) is 132 cm³/mol. The Morgan fingerprint density at radius 1 is 1.15 bits per heavy atom. The Labute approximate surface area is 202 Å². The van der Waals surface area contributed by atoms with E-state index in [1.807, 2.05) is 6.92 Å². The lowest BCUT2D eigenvalue weighted by Crippen LogP contribution is -2.42. The summed E-state index contributed by atoms with van der Waals surface area (Å²) in [5.74, 6) is 0.733. The van der Waals surface area contributed by atoms with Gasteiger partial charge in [0.05, 0.1) is 37.3 Å². The maximum absolute atomic E-state index is 14.1. The first kappa shape index (κ1) is 25.5. The number of amides is 2. The molecule has 0 spiro atoms. The van der Waals surface area contributed by atoms with E-state index in [1.54, 1.807) is 47.7 Å². The molecule has 182 valence electrons. The highest BCUT2D eigenvalue weighted by molar-refractivity contribution is 7.17. The van der Waals surface area contributed by atoms with Crippen LogP contribution in [0.2, 0.25) is 0 Å². The minimum atomic E-state index is -0.323. The Balaban J connectivity index is 1.59. The third-order valence-electron chi connectivity index (χ3n) is 5.23. The van der Waals surface area contributed by atoms with Crippen LogP contribution in [0.1, 0.15) is 30.1 Å². The molecule has 7 nitrogen and oxygen atoms in total. The topological polar surface area (TPSA) is 77.1 Å². The zero-order valence-corrected chi connectivity index (χ0v) is 20.4. The molecular weight excluding hydrogens is 459 g/mol. The number of hydrogen-bond acceptors (Lipinski definition) is 6. The van der Waals surface area contributed by atoms with Crippen molar-refractivity contribution in [2.24, 2.45) is 0 Å². The van der Waals surface area contributed by atoms with Crippen LogP contribution in [-0.2, 0) is 4.74 Å². The predicted octanol–water partition coefficient (Wildman–Crippen LogP) is 5.27. The average molecular weight is 489 g/mol. The summed E-state index contributed by atoms with van der Waals surface area (Å²) in [5.41, 5.74) is 1.16. The number of nitrogens with zero attached hydrogens (tertiary/aromatic N) is 1. The number of fused-ring (bicyclic) bond motifs is 1. The number of thiophene rings is 1. The van der Waals surface area contributed by atoms with Crippen molar-refractivity contribution in [2.75, 3.05) is 45.4 Å². The first-order valence-corrected chi connectivity index (χ1v) is 11.9. The second-order valence-electron chi connectivity index (χ2n) is 7.44. The van der Waals surface area contributed by atoms with Crippen molar-refractivity contribution in [3.8, 4) is 11.5 Å². The average Bonchev–Trinajstić information content (AvgIpc) is 3.27. The van der Waals surface area contributed by atoms with Gasteiger partial charge in [-0.1, -0.05) is 12.1 Å². The summed E-state index contributed by atoms with van der Waals surface area (Å²) in [7, 11) is 3.09. The third-order valence-corrected chi connectivity index (χ3v) is 6.22. The van der Waals surface area contributed by atoms with Crippen molar-refractivity contribution in [2.45, 2.75) is 19.8 Å². The van der Waals surface area contributed by atoms with Crippen molar-refractivity contribution in [1.29, 1.82) is 0 Å². The van der Waals surface area contributed by atoms with Crippen LogP contribution in [0.5, 0.6) is 11.5 Å². The second kappa shape index (κ2) is 12.3. The van der Waals surface area contributed by atoms with Crippen LogP contribution in [0.3, 0.4) is 0 Å². The van der Waals surface area contributed by atoms with Gasteiger partial charge in [0.15, 0.2) is 17.3 Å². The molecule has 0 saturated heterocycles. The Kier molecular flexibility index (Phi) is 9.24. The third kappa shape index (κ3) is 6.03. The van der Waals surface area contributed by atoms with Crippen molar-refractivity contribution in [3.05, 3.63) is 53.2 Å². The van der Waals surface area contributed by atoms with E-state index >= 15 is 0 Å². The fourth-order valence-electron chi connectivity index (χ4n) is 3.53. The molecule has 0 bridgehead atoms. The number of Topliss-reactive ketones (excluding diaryl/α,β-unsaturated/α-hetero) is 1. The van der Waals surface area contributed by atoms with Crippen molar-refractivity contribution in [3.63, 3.8) is 0 Å². The van der Waals surface area contributed by atoms with Crippen LogP contribution in [0.4, 0.5) is 14.9 Å². The minimum absolute atomic E-state index is 0.0499. The van der Waals surface area contributed by atoms with Crippen LogP contribution >= 0.6 is 11.3 Å².